The molecule has 1 aliphatic rings. The Labute approximate surface area is 96.6 Å². The molecule has 1 atom stereocenters. The maximum absolute atomic E-state index is 11.0. The first-order valence-corrected chi connectivity index (χ1v) is 5.75. The first kappa shape index (κ1) is 10.9. The molecule has 0 spiro atoms. The van der Waals surface area contributed by atoms with Crippen molar-refractivity contribution in [3.8, 4) is 0 Å². The highest BCUT2D eigenvalue weighted by Gasteiger charge is 2.16. The quantitative estimate of drug-likeness (QED) is 0.557. The van der Waals surface area contributed by atoms with Crippen molar-refractivity contribution in [2.75, 3.05) is 0 Å². The van der Waals surface area contributed by atoms with Gasteiger partial charge in [0.2, 0.25) is 0 Å². The van der Waals surface area contributed by atoms with Gasteiger partial charge in [-0.3, -0.25) is 4.79 Å². The summed E-state index contributed by atoms with van der Waals surface area (Å²) in [7, 11) is 0. The van der Waals surface area contributed by atoms with E-state index in [1.54, 1.807) is 4.90 Å². The minimum Gasteiger partial charge on any atom is -0.324 e. The average molecular weight is 214 g/mol. The van der Waals surface area contributed by atoms with Gasteiger partial charge in [-0.2, -0.15) is 0 Å². The SMILES string of the molecule is O=[C]N(Cc1ccccc1)C1C=CCCC1. The summed E-state index contributed by atoms with van der Waals surface area (Å²) in [6, 6.07) is 10.3. The van der Waals surface area contributed by atoms with E-state index < -0.39 is 0 Å². The maximum atomic E-state index is 11.0. The third kappa shape index (κ3) is 2.72. The van der Waals surface area contributed by atoms with E-state index in [2.05, 4.69) is 18.6 Å². The minimum atomic E-state index is 0.228. The largest absolute Gasteiger partial charge is 0.324 e. The van der Waals surface area contributed by atoms with E-state index in [-0.39, 0.29) is 6.04 Å². The van der Waals surface area contributed by atoms with Crippen molar-refractivity contribution in [1.82, 2.24) is 4.90 Å². The van der Waals surface area contributed by atoms with Gasteiger partial charge >= 0.3 is 6.41 Å². The number of carbonyl (C=O) groups excluding carboxylic acids is 1. The number of hydrogen-bond donors (Lipinski definition) is 0. The molecule has 1 radical (unpaired) electrons. The first-order chi connectivity index (χ1) is 7.90. The Kier molecular flexibility index (Phi) is 3.76. The van der Waals surface area contributed by atoms with E-state index >= 15 is 0 Å². The van der Waals surface area contributed by atoms with E-state index in [1.807, 2.05) is 30.3 Å². The van der Waals surface area contributed by atoms with Crippen LogP contribution in [0.15, 0.2) is 42.5 Å². The van der Waals surface area contributed by atoms with Crippen LogP contribution in [0, 0.1) is 0 Å². The highest BCUT2D eigenvalue weighted by atomic mass is 16.1. The van der Waals surface area contributed by atoms with Crippen LogP contribution in [0.2, 0.25) is 0 Å². The molecule has 0 aliphatic heterocycles. The Morgan fingerprint density at radius 3 is 2.75 bits per heavy atom. The van der Waals surface area contributed by atoms with Crippen LogP contribution in [0.25, 0.3) is 0 Å². The second-order valence-corrected chi connectivity index (χ2v) is 4.13. The Balaban J connectivity index is 2.03. The summed E-state index contributed by atoms with van der Waals surface area (Å²) in [4.78, 5) is 12.7. The predicted octanol–water partition coefficient (Wildman–Crippen LogP) is 2.66. The van der Waals surface area contributed by atoms with Gasteiger partial charge in [0.1, 0.15) is 0 Å². The second kappa shape index (κ2) is 5.50. The van der Waals surface area contributed by atoms with Gasteiger partial charge in [0.15, 0.2) is 0 Å². The molecular formula is C14H16NO. The molecule has 1 aliphatic carbocycles. The van der Waals surface area contributed by atoms with Crippen molar-refractivity contribution in [3.05, 3.63) is 48.0 Å². The lowest BCUT2D eigenvalue weighted by molar-refractivity contribution is 0.304. The molecule has 1 amide bonds. The zero-order valence-corrected chi connectivity index (χ0v) is 9.30. The van der Waals surface area contributed by atoms with Crippen LogP contribution < -0.4 is 0 Å². The summed E-state index contributed by atoms with van der Waals surface area (Å²) < 4.78 is 0. The molecule has 0 fully saturated rings. The van der Waals surface area contributed by atoms with Crippen molar-refractivity contribution in [2.45, 2.75) is 31.8 Å². The van der Waals surface area contributed by atoms with Gasteiger partial charge < -0.3 is 4.90 Å². The number of rotatable bonds is 4. The second-order valence-electron chi connectivity index (χ2n) is 4.13. The summed E-state index contributed by atoms with van der Waals surface area (Å²) in [6.07, 6.45) is 9.68. The zero-order chi connectivity index (χ0) is 11.2. The number of hydrogen-bond acceptors (Lipinski definition) is 1. The van der Waals surface area contributed by atoms with E-state index in [1.165, 1.54) is 0 Å². The van der Waals surface area contributed by atoms with E-state index in [9.17, 15) is 4.79 Å². The van der Waals surface area contributed by atoms with Gasteiger partial charge in [0.05, 0.1) is 6.04 Å². The topological polar surface area (TPSA) is 20.3 Å². The van der Waals surface area contributed by atoms with Crippen molar-refractivity contribution in [3.63, 3.8) is 0 Å². The lowest BCUT2D eigenvalue weighted by Crippen LogP contribution is -2.33. The van der Waals surface area contributed by atoms with Crippen molar-refractivity contribution >= 4 is 6.41 Å². The van der Waals surface area contributed by atoms with Crippen LogP contribution >= 0.6 is 0 Å². The van der Waals surface area contributed by atoms with Gasteiger partial charge in [-0.15, -0.1) is 0 Å². The van der Waals surface area contributed by atoms with Crippen LogP contribution in [0.1, 0.15) is 24.8 Å². The molecule has 16 heavy (non-hydrogen) atoms. The summed E-state index contributed by atoms with van der Waals surface area (Å²) in [5.41, 5.74) is 1.16. The lowest BCUT2D eigenvalue weighted by atomic mass is 10.0. The van der Waals surface area contributed by atoms with Crippen molar-refractivity contribution < 1.29 is 4.79 Å². The summed E-state index contributed by atoms with van der Waals surface area (Å²) >= 11 is 0. The van der Waals surface area contributed by atoms with Crippen molar-refractivity contribution in [2.24, 2.45) is 0 Å². The van der Waals surface area contributed by atoms with Crippen LogP contribution in [0.4, 0.5) is 0 Å². The summed E-state index contributed by atoms with van der Waals surface area (Å²) in [5, 5.41) is 0. The van der Waals surface area contributed by atoms with Gasteiger partial charge in [0.25, 0.3) is 0 Å². The van der Waals surface area contributed by atoms with E-state index in [0.717, 1.165) is 24.8 Å². The zero-order valence-electron chi connectivity index (χ0n) is 9.30. The lowest BCUT2D eigenvalue weighted by Gasteiger charge is -2.27. The Morgan fingerprint density at radius 1 is 1.31 bits per heavy atom. The molecule has 0 bridgehead atoms. The number of benzene rings is 1. The average Bonchev–Trinajstić information content (AvgIpc) is 2.38. The first-order valence-electron chi connectivity index (χ1n) is 5.75. The standard InChI is InChI=1S/C14H16NO/c16-12-15(14-9-5-2-6-10-14)11-13-7-3-1-4-8-13/h1,3-5,7-9,14H,2,6,10-11H2. The number of nitrogens with zero attached hydrogens (tertiary/aromatic N) is 1. The van der Waals surface area contributed by atoms with Gasteiger partial charge in [-0.1, -0.05) is 42.5 Å². The highest BCUT2D eigenvalue weighted by Crippen LogP contribution is 2.17. The molecule has 0 N–H and O–H groups in total. The molecule has 2 rings (SSSR count). The van der Waals surface area contributed by atoms with Gasteiger partial charge in [-0.05, 0) is 24.8 Å². The molecule has 2 heteroatoms. The minimum absolute atomic E-state index is 0.228. The molecule has 1 aromatic carbocycles. The molecule has 0 saturated carbocycles. The number of amides is 1. The monoisotopic (exact) mass is 214 g/mol. The number of allylic oxidation sites excluding steroid dienone is 1. The third-order valence-corrected chi connectivity index (χ3v) is 2.94. The molecule has 1 aromatic rings. The van der Waals surface area contributed by atoms with Crippen LogP contribution in [0.5, 0.6) is 0 Å². The Bertz CT molecular complexity index is 358. The summed E-state index contributed by atoms with van der Waals surface area (Å²) in [6.45, 7) is 0.652. The molecule has 1 unspecified atom stereocenters. The normalized spacial score (nSPS) is 19.4. The third-order valence-electron chi connectivity index (χ3n) is 2.94. The maximum Gasteiger partial charge on any atom is 0.312 e. The van der Waals surface area contributed by atoms with E-state index in [4.69, 9.17) is 0 Å². The van der Waals surface area contributed by atoms with Gasteiger partial charge in [0, 0.05) is 6.54 Å². The molecule has 83 valence electrons. The van der Waals surface area contributed by atoms with Gasteiger partial charge in [-0.25, -0.2) is 0 Å². The Morgan fingerprint density at radius 2 is 2.12 bits per heavy atom. The fraction of sp³-hybridized carbons (Fsp3) is 0.357. The van der Waals surface area contributed by atoms with Crippen molar-refractivity contribution in [1.29, 1.82) is 0 Å². The molecule has 0 heterocycles. The van der Waals surface area contributed by atoms with Crippen LogP contribution in [-0.2, 0) is 11.3 Å². The predicted molar refractivity (Wildman–Crippen MR) is 64.5 cm³/mol. The smallest absolute Gasteiger partial charge is 0.312 e. The molecule has 0 aromatic heterocycles. The van der Waals surface area contributed by atoms with Crippen LogP contribution in [-0.4, -0.2) is 17.4 Å². The van der Waals surface area contributed by atoms with E-state index in [0.29, 0.717) is 6.54 Å². The molecule has 2 nitrogen and oxygen atoms in total. The highest BCUT2D eigenvalue weighted by molar-refractivity contribution is 5.50. The van der Waals surface area contributed by atoms with Crippen LogP contribution in [0.3, 0.4) is 0 Å². The fourth-order valence-electron chi connectivity index (χ4n) is 2.05. The molecule has 0 saturated heterocycles. The Hall–Kier alpha value is -1.57. The summed E-state index contributed by atoms with van der Waals surface area (Å²) in [5.74, 6) is 0. The molecular weight excluding hydrogens is 198 g/mol. The fourth-order valence-corrected chi connectivity index (χ4v) is 2.05.